The van der Waals surface area contributed by atoms with Crippen molar-refractivity contribution in [1.82, 2.24) is 0 Å². The fraction of sp³-hybridized carbons (Fsp3) is 0.200. The number of benzene rings is 1. The van der Waals surface area contributed by atoms with Crippen LogP contribution in [0.5, 0.6) is 0 Å². The summed E-state index contributed by atoms with van der Waals surface area (Å²) in [5, 5.41) is 8.84. The molecule has 0 saturated carbocycles. The first kappa shape index (κ1) is 11.4. The Labute approximate surface area is 99.2 Å². The highest BCUT2D eigenvalue weighted by Gasteiger charge is 2.15. The van der Waals surface area contributed by atoms with E-state index < -0.39 is 0 Å². The summed E-state index contributed by atoms with van der Waals surface area (Å²) in [5.41, 5.74) is 0.857. The summed E-state index contributed by atoms with van der Waals surface area (Å²) < 4.78 is 0.799. The third-order valence-corrected chi connectivity index (χ3v) is 2.64. The predicted molar refractivity (Wildman–Crippen MR) is 61.6 cm³/mol. The molecule has 0 fully saturated rings. The van der Waals surface area contributed by atoms with Gasteiger partial charge in [-0.25, -0.2) is 0 Å². The molecule has 4 heteroatoms. The van der Waals surface area contributed by atoms with E-state index in [9.17, 15) is 4.79 Å². The average Bonchev–Trinajstić information content (AvgIpc) is 2.16. The lowest BCUT2D eigenvalue weighted by molar-refractivity contribution is 0.0995. The van der Waals surface area contributed by atoms with Crippen LogP contribution in [0.25, 0.3) is 0 Å². The molecule has 0 N–H and O–H groups in total. The van der Waals surface area contributed by atoms with E-state index in [0.717, 1.165) is 4.47 Å². The summed E-state index contributed by atoms with van der Waals surface area (Å²) in [7, 11) is 0. The zero-order valence-electron chi connectivity index (χ0n) is 7.42. The van der Waals surface area contributed by atoms with Crippen LogP contribution in [0.1, 0.15) is 22.8 Å². The van der Waals surface area contributed by atoms with Crippen LogP contribution in [0.4, 0.5) is 0 Å². The molecule has 72 valence electrons. The Morgan fingerprint density at radius 2 is 2.21 bits per heavy atom. The van der Waals surface area contributed by atoms with Crippen molar-refractivity contribution in [3.8, 4) is 6.07 Å². The lowest BCUT2D eigenvalue weighted by Gasteiger charge is -2.04. The van der Waals surface area contributed by atoms with Gasteiger partial charge in [0.25, 0.3) is 0 Å². The molecule has 14 heavy (non-hydrogen) atoms. The summed E-state index contributed by atoms with van der Waals surface area (Å²) in [6.07, 6.45) is 0. The molecule has 0 amide bonds. The van der Waals surface area contributed by atoms with Crippen molar-refractivity contribution >= 4 is 37.6 Å². The summed E-state index contributed by atoms with van der Waals surface area (Å²) >= 11 is 6.44. The van der Waals surface area contributed by atoms with Crippen LogP contribution in [0.15, 0.2) is 22.7 Å². The van der Waals surface area contributed by atoms with Crippen LogP contribution in [0, 0.1) is 11.3 Å². The highest BCUT2D eigenvalue weighted by molar-refractivity contribution is 9.10. The molecule has 0 radical (unpaired) electrons. The van der Waals surface area contributed by atoms with Crippen molar-refractivity contribution in [2.75, 3.05) is 0 Å². The molecule has 1 atom stereocenters. The quantitative estimate of drug-likeness (QED) is 0.620. The van der Waals surface area contributed by atoms with Crippen molar-refractivity contribution in [2.24, 2.45) is 0 Å². The largest absolute Gasteiger partial charge is 0.293 e. The van der Waals surface area contributed by atoms with Gasteiger partial charge in [-0.3, -0.25) is 4.79 Å². The molecule has 0 bridgehead atoms. The lowest BCUT2D eigenvalue weighted by Crippen LogP contribution is -2.11. The van der Waals surface area contributed by atoms with Gasteiger partial charge in [-0.15, -0.1) is 0 Å². The second-order valence-electron chi connectivity index (χ2n) is 2.78. The normalized spacial score (nSPS) is 11.9. The van der Waals surface area contributed by atoms with Crippen LogP contribution in [-0.4, -0.2) is 10.6 Å². The van der Waals surface area contributed by atoms with Gasteiger partial charge >= 0.3 is 0 Å². The first-order valence-corrected chi connectivity index (χ1v) is 5.65. The van der Waals surface area contributed by atoms with Gasteiger partial charge in [-0.1, -0.05) is 31.9 Å². The first-order chi connectivity index (χ1) is 6.56. The number of hydrogen-bond donors (Lipinski definition) is 0. The van der Waals surface area contributed by atoms with Gasteiger partial charge in [0.05, 0.1) is 16.5 Å². The molecule has 0 aliphatic heterocycles. The molecule has 2 nitrogen and oxygen atoms in total. The van der Waals surface area contributed by atoms with E-state index in [0.29, 0.717) is 11.1 Å². The summed E-state index contributed by atoms with van der Waals surface area (Å²) in [5.74, 6) is -0.0750. The average molecular weight is 317 g/mol. The van der Waals surface area contributed by atoms with E-state index >= 15 is 0 Å². The number of nitrogens with zero attached hydrogens (tertiary/aromatic N) is 1. The summed E-state index contributed by atoms with van der Waals surface area (Å²) in [4.78, 5) is 11.4. The Balaban J connectivity index is 3.23. The van der Waals surface area contributed by atoms with E-state index in [2.05, 4.69) is 31.9 Å². The number of hydrogen-bond acceptors (Lipinski definition) is 2. The van der Waals surface area contributed by atoms with Gasteiger partial charge in [0.2, 0.25) is 0 Å². The molecule has 0 aliphatic rings. The summed E-state index contributed by atoms with van der Waals surface area (Å²) in [6.45, 7) is 1.74. The maximum absolute atomic E-state index is 11.6. The van der Waals surface area contributed by atoms with Crippen molar-refractivity contribution < 1.29 is 4.79 Å². The Kier molecular flexibility index (Phi) is 3.85. The minimum atomic E-state index is -0.268. The minimum absolute atomic E-state index is 0.0750. The first-order valence-electron chi connectivity index (χ1n) is 3.94. The van der Waals surface area contributed by atoms with Crippen LogP contribution >= 0.6 is 31.9 Å². The lowest BCUT2D eigenvalue weighted by atomic mass is 10.0. The maximum atomic E-state index is 11.6. The predicted octanol–water partition coefficient (Wildman–Crippen LogP) is 3.29. The molecule has 0 saturated heterocycles. The smallest absolute Gasteiger partial charge is 0.177 e. The molecule has 0 heterocycles. The molecule has 0 aromatic heterocycles. The minimum Gasteiger partial charge on any atom is -0.293 e. The molecule has 1 aromatic carbocycles. The monoisotopic (exact) mass is 315 g/mol. The van der Waals surface area contributed by atoms with Gasteiger partial charge in [-0.2, -0.15) is 5.26 Å². The van der Waals surface area contributed by atoms with Crippen molar-refractivity contribution in [2.45, 2.75) is 11.8 Å². The van der Waals surface area contributed by atoms with E-state index in [1.807, 2.05) is 6.07 Å². The number of carbonyl (C=O) groups is 1. The van der Waals surface area contributed by atoms with E-state index in [4.69, 9.17) is 5.26 Å². The number of alkyl halides is 1. The van der Waals surface area contributed by atoms with Gasteiger partial charge in [-0.05, 0) is 25.1 Å². The molecule has 1 aromatic rings. The number of carbonyl (C=O) groups excluding carboxylic acids is 1. The van der Waals surface area contributed by atoms with E-state index in [1.54, 1.807) is 25.1 Å². The number of Topliss-reactive ketones (excluding diaryl/α,β-unsaturated/α-hetero) is 1. The topological polar surface area (TPSA) is 40.9 Å². The number of halogens is 2. The highest BCUT2D eigenvalue weighted by atomic mass is 79.9. The molecule has 1 rings (SSSR count). The number of rotatable bonds is 2. The molecule has 0 spiro atoms. The third kappa shape index (κ3) is 2.43. The van der Waals surface area contributed by atoms with Gasteiger partial charge in [0.1, 0.15) is 0 Å². The van der Waals surface area contributed by atoms with Crippen LogP contribution in [0.2, 0.25) is 0 Å². The molecular formula is C10H7Br2NO. The second-order valence-corrected chi connectivity index (χ2v) is 5.07. The third-order valence-electron chi connectivity index (χ3n) is 1.73. The Hall–Kier alpha value is -0.660. The number of nitriles is 1. The van der Waals surface area contributed by atoms with E-state index in [-0.39, 0.29) is 10.6 Å². The summed E-state index contributed by atoms with van der Waals surface area (Å²) in [6, 6.07) is 7.05. The van der Waals surface area contributed by atoms with Crippen LogP contribution in [-0.2, 0) is 0 Å². The number of ketones is 1. The molecular weight excluding hydrogens is 310 g/mol. The highest BCUT2D eigenvalue weighted by Crippen LogP contribution is 2.19. The Bertz CT molecular complexity index is 407. The fourth-order valence-electron chi connectivity index (χ4n) is 1.04. The SMILES string of the molecule is CC(Br)C(=O)c1ccc(Br)cc1C#N. The van der Waals surface area contributed by atoms with Crippen LogP contribution < -0.4 is 0 Å². The van der Waals surface area contributed by atoms with Gasteiger partial charge in [0.15, 0.2) is 5.78 Å². The van der Waals surface area contributed by atoms with Crippen molar-refractivity contribution in [3.63, 3.8) is 0 Å². The van der Waals surface area contributed by atoms with Gasteiger partial charge in [0, 0.05) is 10.0 Å². The zero-order valence-corrected chi connectivity index (χ0v) is 10.6. The standard InChI is InChI=1S/C10H7Br2NO/c1-6(11)10(14)9-3-2-8(12)4-7(9)5-13/h2-4,6H,1H3. The van der Waals surface area contributed by atoms with Crippen molar-refractivity contribution in [3.05, 3.63) is 33.8 Å². The fourth-order valence-corrected chi connectivity index (χ4v) is 1.65. The van der Waals surface area contributed by atoms with Crippen LogP contribution in [0.3, 0.4) is 0 Å². The second kappa shape index (κ2) is 4.72. The molecule has 1 unspecified atom stereocenters. The zero-order chi connectivity index (χ0) is 10.7. The molecule has 0 aliphatic carbocycles. The van der Waals surface area contributed by atoms with Gasteiger partial charge < -0.3 is 0 Å². The Morgan fingerprint density at radius 1 is 1.57 bits per heavy atom. The van der Waals surface area contributed by atoms with E-state index in [1.165, 1.54) is 0 Å². The van der Waals surface area contributed by atoms with Crippen molar-refractivity contribution in [1.29, 1.82) is 5.26 Å². The Morgan fingerprint density at radius 3 is 2.71 bits per heavy atom. The maximum Gasteiger partial charge on any atom is 0.177 e.